The van der Waals surface area contributed by atoms with E-state index >= 15 is 0 Å². The number of benzene rings is 2. The molecule has 0 spiro atoms. The van der Waals surface area contributed by atoms with Gasteiger partial charge in [-0.1, -0.05) is 6.07 Å². The molecule has 0 aliphatic heterocycles. The number of esters is 1. The van der Waals surface area contributed by atoms with Gasteiger partial charge in [0.15, 0.2) is 17.3 Å². The third kappa shape index (κ3) is 4.46. The standard InChI is InChI=1S/C19H18O5/c1-13(20)15-6-8-16(9-7-15)24-19(21)11-5-14-4-10-17(22-2)18(12-14)23-3/h4-12H,1-3H3/b11-5+. The number of carbonyl (C=O) groups is 2. The summed E-state index contributed by atoms with van der Waals surface area (Å²) < 4.78 is 15.5. The Kier molecular flexibility index (Phi) is 5.73. The Hall–Kier alpha value is -3.08. The van der Waals surface area contributed by atoms with Gasteiger partial charge in [0.2, 0.25) is 0 Å². The minimum atomic E-state index is -0.514. The van der Waals surface area contributed by atoms with Gasteiger partial charge >= 0.3 is 5.97 Å². The lowest BCUT2D eigenvalue weighted by molar-refractivity contribution is -0.128. The Morgan fingerprint density at radius 3 is 2.17 bits per heavy atom. The fraction of sp³-hybridized carbons (Fsp3) is 0.158. The van der Waals surface area contributed by atoms with Crippen LogP contribution in [0.4, 0.5) is 0 Å². The van der Waals surface area contributed by atoms with Crippen LogP contribution in [0.1, 0.15) is 22.8 Å². The number of hydrogen-bond donors (Lipinski definition) is 0. The number of ether oxygens (including phenoxy) is 3. The van der Waals surface area contributed by atoms with Crippen molar-refractivity contribution in [2.45, 2.75) is 6.92 Å². The lowest BCUT2D eigenvalue weighted by Crippen LogP contribution is -2.04. The zero-order chi connectivity index (χ0) is 17.5. The number of ketones is 1. The number of hydrogen-bond acceptors (Lipinski definition) is 5. The van der Waals surface area contributed by atoms with Crippen LogP contribution in [0.3, 0.4) is 0 Å². The largest absolute Gasteiger partial charge is 0.493 e. The van der Waals surface area contributed by atoms with Gasteiger partial charge in [0.05, 0.1) is 14.2 Å². The monoisotopic (exact) mass is 326 g/mol. The maximum absolute atomic E-state index is 11.9. The first-order valence-corrected chi connectivity index (χ1v) is 7.26. The smallest absolute Gasteiger partial charge is 0.336 e. The number of methoxy groups -OCH3 is 2. The average molecular weight is 326 g/mol. The van der Waals surface area contributed by atoms with Crippen LogP contribution in [-0.4, -0.2) is 26.0 Å². The summed E-state index contributed by atoms with van der Waals surface area (Å²) in [5.74, 6) is 1.01. The maximum atomic E-state index is 11.9. The van der Waals surface area contributed by atoms with Crippen LogP contribution in [0.2, 0.25) is 0 Å². The van der Waals surface area contributed by atoms with Crippen molar-refractivity contribution in [3.8, 4) is 17.2 Å². The molecule has 2 rings (SSSR count). The van der Waals surface area contributed by atoms with E-state index in [4.69, 9.17) is 14.2 Å². The molecular formula is C19H18O5. The molecule has 5 heteroatoms. The van der Waals surface area contributed by atoms with Crippen LogP contribution in [0.5, 0.6) is 17.2 Å². The normalized spacial score (nSPS) is 10.5. The SMILES string of the molecule is COc1ccc(/C=C/C(=O)Oc2ccc(C(C)=O)cc2)cc1OC. The molecule has 0 aliphatic carbocycles. The predicted molar refractivity (Wildman–Crippen MR) is 90.7 cm³/mol. The van der Waals surface area contributed by atoms with E-state index in [0.29, 0.717) is 22.8 Å². The van der Waals surface area contributed by atoms with Crippen LogP contribution in [-0.2, 0) is 4.79 Å². The molecule has 24 heavy (non-hydrogen) atoms. The highest BCUT2D eigenvalue weighted by Crippen LogP contribution is 2.28. The molecule has 0 aromatic heterocycles. The minimum Gasteiger partial charge on any atom is -0.493 e. The molecule has 0 saturated carbocycles. The second kappa shape index (κ2) is 7.97. The zero-order valence-electron chi connectivity index (χ0n) is 13.7. The first kappa shape index (κ1) is 17.3. The fourth-order valence-corrected chi connectivity index (χ4v) is 2.03. The van der Waals surface area contributed by atoms with Crippen LogP contribution in [0.15, 0.2) is 48.5 Å². The van der Waals surface area contributed by atoms with Gasteiger partial charge in [-0.3, -0.25) is 4.79 Å². The molecule has 0 aliphatic rings. The molecule has 124 valence electrons. The second-order valence-electron chi connectivity index (χ2n) is 4.95. The lowest BCUT2D eigenvalue weighted by Gasteiger charge is -2.07. The predicted octanol–water partition coefficient (Wildman–Crippen LogP) is 3.53. The van der Waals surface area contributed by atoms with Crippen molar-refractivity contribution in [1.29, 1.82) is 0 Å². The number of rotatable bonds is 6. The van der Waals surface area contributed by atoms with Crippen molar-refractivity contribution in [2.24, 2.45) is 0 Å². The molecule has 0 amide bonds. The quantitative estimate of drug-likeness (QED) is 0.352. The number of Topliss-reactive ketones (excluding diaryl/α,β-unsaturated/α-hetero) is 1. The van der Waals surface area contributed by atoms with Crippen molar-refractivity contribution in [2.75, 3.05) is 14.2 Å². The summed E-state index contributed by atoms with van der Waals surface area (Å²) in [5.41, 5.74) is 1.34. The number of carbonyl (C=O) groups excluding carboxylic acids is 2. The summed E-state index contributed by atoms with van der Waals surface area (Å²) in [7, 11) is 3.10. The highest BCUT2D eigenvalue weighted by atomic mass is 16.5. The van der Waals surface area contributed by atoms with Crippen molar-refractivity contribution >= 4 is 17.8 Å². The first-order chi connectivity index (χ1) is 11.5. The van der Waals surface area contributed by atoms with E-state index in [9.17, 15) is 9.59 Å². The summed E-state index contributed by atoms with van der Waals surface area (Å²) in [6.45, 7) is 1.48. The Morgan fingerprint density at radius 2 is 1.58 bits per heavy atom. The molecule has 0 atom stereocenters. The molecule has 0 fully saturated rings. The van der Waals surface area contributed by atoms with E-state index in [1.807, 2.05) is 0 Å². The van der Waals surface area contributed by atoms with Crippen molar-refractivity contribution in [3.05, 3.63) is 59.7 Å². The molecule has 0 unspecified atom stereocenters. The van der Waals surface area contributed by atoms with Crippen LogP contribution < -0.4 is 14.2 Å². The minimum absolute atomic E-state index is 0.0405. The molecule has 0 N–H and O–H groups in total. The summed E-state index contributed by atoms with van der Waals surface area (Å²) in [6.07, 6.45) is 2.94. The molecule has 0 radical (unpaired) electrons. The van der Waals surface area contributed by atoms with E-state index in [0.717, 1.165) is 5.56 Å². The molecule has 0 heterocycles. The van der Waals surface area contributed by atoms with Crippen molar-refractivity contribution < 1.29 is 23.8 Å². The van der Waals surface area contributed by atoms with Gasteiger partial charge < -0.3 is 14.2 Å². The van der Waals surface area contributed by atoms with E-state index < -0.39 is 5.97 Å². The summed E-state index contributed by atoms with van der Waals surface area (Å²) in [6, 6.07) is 11.7. The lowest BCUT2D eigenvalue weighted by atomic mass is 10.1. The third-order valence-electron chi connectivity index (χ3n) is 3.30. The van der Waals surface area contributed by atoms with Crippen molar-refractivity contribution in [1.82, 2.24) is 0 Å². The van der Waals surface area contributed by atoms with Gasteiger partial charge in [0.1, 0.15) is 5.75 Å². The Bertz CT molecular complexity index is 760. The van der Waals surface area contributed by atoms with Crippen LogP contribution in [0.25, 0.3) is 6.08 Å². The Morgan fingerprint density at radius 1 is 0.917 bits per heavy atom. The highest BCUT2D eigenvalue weighted by Gasteiger charge is 2.05. The molecule has 5 nitrogen and oxygen atoms in total. The van der Waals surface area contributed by atoms with Gasteiger partial charge in [0.25, 0.3) is 0 Å². The molecule has 2 aromatic rings. The Labute approximate surface area is 140 Å². The summed E-state index contributed by atoms with van der Waals surface area (Å²) >= 11 is 0. The third-order valence-corrected chi connectivity index (χ3v) is 3.30. The first-order valence-electron chi connectivity index (χ1n) is 7.26. The van der Waals surface area contributed by atoms with Gasteiger partial charge in [-0.15, -0.1) is 0 Å². The van der Waals surface area contributed by atoms with Gasteiger partial charge in [-0.2, -0.15) is 0 Å². The van der Waals surface area contributed by atoms with Gasteiger partial charge in [0, 0.05) is 11.6 Å². The fourth-order valence-electron chi connectivity index (χ4n) is 2.03. The van der Waals surface area contributed by atoms with Gasteiger partial charge in [-0.25, -0.2) is 4.79 Å². The van der Waals surface area contributed by atoms with Crippen molar-refractivity contribution in [3.63, 3.8) is 0 Å². The highest BCUT2D eigenvalue weighted by molar-refractivity contribution is 5.94. The summed E-state index contributed by atoms with van der Waals surface area (Å²) in [4.78, 5) is 23.0. The van der Waals surface area contributed by atoms with E-state index in [-0.39, 0.29) is 5.78 Å². The maximum Gasteiger partial charge on any atom is 0.336 e. The van der Waals surface area contributed by atoms with E-state index in [1.165, 1.54) is 13.0 Å². The van der Waals surface area contributed by atoms with E-state index in [1.54, 1.807) is 62.8 Å². The molecule has 0 saturated heterocycles. The zero-order valence-corrected chi connectivity index (χ0v) is 13.7. The molecule has 0 bridgehead atoms. The van der Waals surface area contributed by atoms with Crippen LogP contribution in [0, 0.1) is 0 Å². The summed E-state index contributed by atoms with van der Waals surface area (Å²) in [5, 5.41) is 0. The second-order valence-corrected chi connectivity index (χ2v) is 4.95. The topological polar surface area (TPSA) is 61.8 Å². The van der Waals surface area contributed by atoms with Crippen LogP contribution >= 0.6 is 0 Å². The van der Waals surface area contributed by atoms with E-state index in [2.05, 4.69) is 0 Å². The Balaban J connectivity index is 2.03. The average Bonchev–Trinajstić information content (AvgIpc) is 2.60. The van der Waals surface area contributed by atoms with Gasteiger partial charge in [-0.05, 0) is 55.0 Å². The molecular weight excluding hydrogens is 308 g/mol. The molecule has 2 aromatic carbocycles.